The standard InChI is InChI=1S/C12H16N4O4/c1-2-4-12(6-8(18)9(7-17)20-12)15-5-3-10(13)16(14)11(15)19/h1,3,5,8-9,13,17-18H,4,6-7,14H2/t8-,9+,12+/m0/s1. The fourth-order valence-corrected chi connectivity index (χ4v) is 2.36. The van der Waals surface area contributed by atoms with E-state index in [2.05, 4.69) is 5.92 Å². The molecule has 5 N–H and O–H groups in total. The Bertz CT molecular complexity index is 659. The van der Waals surface area contributed by atoms with E-state index in [0.29, 0.717) is 4.68 Å². The summed E-state index contributed by atoms with van der Waals surface area (Å²) in [4.78, 5) is 12.1. The number of hydrogen-bond donors (Lipinski definition) is 4. The molecule has 1 fully saturated rings. The van der Waals surface area contributed by atoms with Gasteiger partial charge < -0.3 is 20.8 Å². The highest BCUT2D eigenvalue weighted by Crippen LogP contribution is 2.36. The molecule has 0 bridgehead atoms. The smallest absolute Gasteiger partial charge is 0.350 e. The van der Waals surface area contributed by atoms with E-state index in [-0.39, 0.29) is 24.9 Å². The van der Waals surface area contributed by atoms with Crippen LogP contribution in [0.4, 0.5) is 0 Å². The van der Waals surface area contributed by atoms with E-state index in [1.165, 1.54) is 12.3 Å². The van der Waals surface area contributed by atoms with Gasteiger partial charge in [0.25, 0.3) is 0 Å². The molecule has 1 aromatic rings. The average Bonchev–Trinajstić information content (AvgIpc) is 2.73. The first-order chi connectivity index (χ1) is 9.45. The fourth-order valence-electron chi connectivity index (χ4n) is 2.36. The van der Waals surface area contributed by atoms with Crippen molar-refractivity contribution in [1.82, 2.24) is 9.24 Å². The van der Waals surface area contributed by atoms with Gasteiger partial charge in [0.05, 0.1) is 19.1 Å². The third-order valence-electron chi connectivity index (χ3n) is 3.38. The van der Waals surface area contributed by atoms with Gasteiger partial charge in [-0.25, -0.2) is 4.79 Å². The summed E-state index contributed by atoms with van der Waals surface area (Å²) in [5, 5.41) is 26.5. The van der Waals surface area contributed by atoms with Crippen LogP contribution < -0.4 is 17.0 Å². The number of nitrogens with zero attached hydrogens (tertiary/aromatic N) is 2. The lowest BCUT2D eigenvalue weighted by atomic mass is 10.0. The monoisotopic (exact) mass is 280 g/mol. The van der Waals surface area contributed by atoms with Gasteiger partial charge in [-0.3, -0.25) is 9.98 Å². The van der Waals surface area contributed by atoms with Crippen LogP contribution in [0.2, 0.25) is 0 Å². The molecule has 0 radical (unpaired) electrons. The maximum atomic E-state index is 12.1. The summed E-state index contributed by atoms with van der Waals surface area (Å²) in [6.45, 7) is -0.388. The van der Waals surface area contributed by atoms with E-state index < -0.39 is 23.6 Å². The Morgan fingerprint density at radius 3 is 2.95 bits per heavy atom. The lowest BCUT2D eigenvalue weighted by molar-refractivity contribution is -0.116. The molecule has 0 saturated carbocycles. The summed E-state index contributed by atoms with van der Waals surface area (Å²) < 4.78 is 7.41. The number of aliphatic hydroxyl groups is 2. The summed E-state index contributed by atoms with van der Waals surface area (Å²) in [6.07, 6.45) is 4.98. The number of hydrogen-bond acceptors (Lipinski definition) is 6. The molecule has 1 aromatic heterocycles. The number of nitrogens with one attached hydrogen (secondary N) is 1. The Kier molecular flexibility index (Phi) is 3.67. The number of nitrogens with two attached hydrogens (primary N) is 1. The molecule has 108 valence electrons. The van der Waals surface area contributed by atoms with Crippen LogP contribution in [0.3, 0.4) is 0 Å². The molecule has 0 aromatic carbocycles. The van der Waals surface area contributed by atoms with Gasteiger partial charge in [0.2, 0.25) is 0 Å². The van der Waals surface area contributed by atoms with Crippen LogP contribution in [-0.4, -0.2) is 38.3 Å². The zero-order valence-corrected chi connectivity index (χ0v) is 10.7. The van der Waals surface area contributed by atoms with Gasteiger partial charge in [-0.1, -0.05) is 0 Å². The molecule has 20 heavy (non-hydrogen) atoms. The van der Waals surface area contributed by atoms with Crippen LogP contribution >= 0.6 is 0 Å². The zero-order chi connectivity index (χ0) is 14.9. The van der Waals surface area contributed by atoms with Crippen LogP contribution in [0.15, 0.2) is 17.1 Å². The van der Waals surface area contributed by atoms with E-state index in [1.54, 1.807) is 0 Å². The summed E-state index contributed by atoms with van der Waals surface area (Å²) in [6, 6.07) is 1.32. The zero-order valence-electron chi connectivity index (χ0n) is 10.7. The molecule has 0 spiro atoms. The van der Waals surface area contributed by atoms with Crippen LogP contribution in [0, 0.1) is 17.8 Å². The molecule has 0 aliphatic carbocycles. The predicted molar refractivity (Wildman–Crippen MR) is 68.7 cm³/mol. The Morgan fingerprint density at radius 2 is 2.40 bits per heavy atom. The SMILES string of the molecule is C#CC[C@]1(n2ccc(=N)n(N)c2=O)C[C@H](O)[C@@H](CO)O1. The lowest BCUT2D eigenvalue weighted by Crippen LogP contribution is -2.50. The average molecular weight is 280 g/mol. The van der Waals surface area contributed by atoms with E-state index in [9.17, 15) is 9.90 Å². The third-order valence-corrected chi connectivity index (χ3v) is 3.38. The Hall–Kier alpha value is -2.08. The van der Waals surface area contributed by atoms with Crippen LogP contribution in [0.25, 0.3) is 0 Å². The van der Waals surface area contributed by atoms with Crippen molar-refractivity contribution in [3.05, 3.63) is 28.2 Å². The minimum Gasteiger partial charge on any atom is -0.394 e. The summed E-state index contributed by atoms with van der Waals surface area (Å²) >= 11 is 0. The normalized spacial score (nSPS) is 29.2. The fraction of sp³-hybridized carbons (Fsp3) is 0.500. The molecule has 8 heteroatoms. The van der Waals surface area contributed by atoms with Gasteiger partial charge in [-0.15, -0.1) is 12.3 Å². The van der Waals surface area contributed by atoms with Crippen molar-refractivity contribution >= 4 is 0 Å². The summed E-state index contributed by atoms with van der Waals surface area (Å²) in [5.74, 6) is 7.88. The van der Waals surface area contributed by atoms with E-state index in [1.807, 2.05) is 0 Å². The first kappa shape index (κ1) is 14.3. The Balaban J connectivity index is 2.57. The second-order valence-electron chi connectivity index (χ2n) is 4.66. The van der Waals surface area contributed by atoms with E-state index in [0.717, 1.165) is 4.57 Å². The van der Waals surface area contributed by atoms with Crippen molar-refractivity contribution < 1.29 is 14.9 Å². The van der Waals surface area contributed by atoms with Crippen molar-refractivity contribution in [2.24, 2.45) is 0 Å². The Labute approximate surface area is 114 Å². The van der Waals surface area contributed by atoms with Gasteiger partial charge in [0.1, 0.15) is 11.6 Å². The summed E-state index contributed by atoms with van der Waals surface area (Å²) in [5.41, 5.74) is -2.12. The van der Waals surface area contributed by atoms with Gasteiger partial charge >= 0.3 is 5.69 Å². The van der Waals surface area contributed by atoms with Crippen molar-refractivity contribution in [3.63, 3.8) is 0 Å². The van der Waals surface area contributed by atoms with Crippen LogP contribution in [0.5, 0.6) is 0 Å². The number of ether oxygens (including phenoxy) is 1. The molecule has 2 rings (SSSR count). The number of rotatable bonds is 3. The van der Waals surface area contributed by atoms with Crippen LogP contribution in [0.1, 0.15) is 12.8 Å². The highest BCUT2D eigenvalue weighted by Gasteiger charge is 2.47. The maximum absolute atomic E-state index is 12.1. The van der Waals surface area contributed by atoms with Gasteiger partial charge in [-0.2, -0.15) is 4.68 Å². The third kappa shape index (κ3) is 2.12. The van der Waals surface area contributed by atoms with Crippen molar-refractivity contribution in [1.29, 1.82) is 5.41 Å². The first-order valence-corrected chi connectivity index (χ1v) is 6.00. The largest absolute Gasteiger partial charge is 0.394 e. The summed E-state index contributed by atoms with van der Waals surface area (Å²) in [7, 11) is 0. The maximum Gasteiger partial charge on any atom is 0.350 e. The van der Waals surface area contributed by atoms with Crippen molar-refractivity contribution in [3.8, 4) is 12.3 Å². The second-order valence-corrected chi connectivity index (χ2v) is 4.66. The molecule has 1 aliphatic rings. The molecule has 0 amide bonds. The lowest BCUT2D eigenvalue weighted by Gasteiger charge is -2.29. The molecule has 0 unspecified atom stereocenters. The molecular weight excluding hydrogens is 264 g/mol. The molecule has 1 aliphatic heterocycles. The van der Waals surface area contributed by atoms with Crippen molar-refractivity contribution in [2.75, 3.05) is 12.4 Å². The van der Waals surface area contributed by atoms with Crippen LogP contribution in [-0.2, 0) is 10.5 Å². The highest BCUT2D eigenvalue weighted by molar-refractivity contribution is 5.02. The molecule has 1 saturated heterocycles. The van der Waals surface area contributed by atoms with E-state index in [4.69, 9.17) is 27.5 Å². The topological polar surface area (TPSA) is 126 Å². The minimum absolute atomic E-state index is 0.0256. The minimum atomic E-state index is -1.27. The quantitative estimate of drug-likeness (QED) is 0.364. The predicted octanol–water partition coefficient (Wildman–Crippen LogP) is -2.34. The van der Waals surface area contributed by atoms with Gasteiger partial charge in [0, 0.05) is 12.6 Å². The molecule has 2 heterocycles. The molecular formula is C12H16N4O4. The van der Waals surface area contributed by atoms with Crippen molar-refractivity contribution in [2.45, 2.75) is 30.8 Å². The Morgan fingerprint density at radius 1 is 1.70 bits per heavy atom. The molecule has 3 atom stereocenters. The van der Waals surface area contributed by atoms with E-state index >= 15 is 0 Å². The number of aromatic nitrogens is 2. The van der Waals surface area contributed by atoms with Gasteiger partial charge in [-0.05, 0) is 6.07 Å². The number of aliphatic hydroxyl groups excluding tert-OH is 2. The number of terminal acetylenes is 1. The highest BCUT2D eigenvalue weighted by atomic mass is 16.6. The first-order valence-electron chi connectivity index (χ1n) is 6.00. The number of nitrogen functional groups attached to an aromatic ring is 1. The molecule has 8 nitrogen and oxygen atoms in total. The second kappa shape index (κ2) is 5.13. The van der Waals surface area contributed by atoms with Gasteiger partial charge in [0.15, 0.2) is 5.72 Å².